The van der Waals surface area contributed by atoms with Crippen LogP contribution in [0.5, 0.6) is 0 Å². The van der Waals surface area contributed by atoms with Gasteiger partial charge in [-0.2, -0.15) is 0 Å². The highest BCUT2D eigenvalue weighted by atomic mass is 15.0. The van der Waals surface area contributed by atoms with Crippen LogP contribution in [0, 0.1) is 0 Å². The third-order valence-corrected chi connectivity index (χ3v) is 4.13. The smallest absolute Gasteiger partial charge is 0.0524 e. The second-order valence-corrected chi connectivity index (χ2v) is 5.06. The Morgan fingerprint density at radius 3 is 2.61 bits per heavy atom. The van der Waals surface area contributed by atoms with Crippen LogP contribution in [0.1, 0.15) is 11.1 Å². The molecule has 0 amide bonds. The standard InChI is InChI=1S/C17H15N/c1-18-16-9-5-4-8-14(16)15-11-10-12-6-2-3-7-13(12)17(15)18/h2-9H,10-11H2,1H3. The molecule has 0 N–H and O–H groups in total. The molecule has 0 aliphatic heterocycles. The molecule has 0 radical (unpaired) electrons. The molecule has 4 rings (SSSR count). The zero-order valence-corrected chi connectivity index (χ0v) is 10.5. The minimum absolute atomic E-state index is 1.16. The van der Waals surface area contributed by atoms with Crippen molar-refractivity contribution in [2.45, 2.75) is 12.8 Å². The average molecular weight is 233 g/mol. The predicted octanol–water partition coefficient (Wildman–Crippen LogP) is 3.94. The summed E-state index contributed by atoms with van der Waals surface area (Å²) < 4.78 is 2.35. The zero-order chi connectivity index (χ0) is 12.1. The van der Waals surface area contributed by atoms with Crippen LogP contribution in [0.2, 0.25) is 0 Å². The van der Waals surface area contributed by atoms with Gasteiger partial charge >= 0.3 is 0 Å². The molecule has 0 atom stereocenters. The molecular weight excluding hydrogens is 218 g/mol. The van der Waals surface area contributed by atoms with Gasteiger partial charge in [0.2, 0.25) is 0 Å². The quantitative estimate of drug-likeness (QED) is 0.554. The maximum absolute atomic E-state index is 2.35. The van der Waals surface area contributed by atoms with E-state index in [9.17, 15) is 0 Å². The van der Waals surface area contributed by atoms with Crippen LogP contribution in [-0.4, -0.2) is 4.57 Å². The van der Waals surface area contributed by atoms with Gasteiger partial charge in [0.25, 0.3) is 0 Å². The van der Waals surface area contributed by atoms with Gasteiger partial charge in [0.1, 0.15) is 0 Å². The molecule has 2 aromatic carbocycles. The molecule has 0 saturated carbocycles. The van der Waals surface area contributed by atoms with E-state index in [1.165, 1.54) is 33.3 Å². The average Bonchev–Trinajstić information content (AvgIpc) is 2.73. The summed E-state index contributed by atoms with van der Waals surface area (Å²) in [4.78, 5) is 0. The number of benzene rings is 2. The van der Waals surface area contributed by atoms with Crippen molar-refractivity contribution in [3.05, 3.63) is 59.7 Å². The molecule has 1 aliphatic carbocycles. The Bertz CT molecular complexity index is 749. The molecule has 1 heterocycles. The summed E-state index contributed by atoms with van der Waals surface area (Å²) in [7, 11) is 2.18. The van der Waals surface area contributed by atoms with Gasteiger partial charge in [0.15, 0.2) is 0 Å². The lowest BCUT2D eigenvalue weighted by Gasteiger charge is -2.18. The molecule has 18 heavy (non-hydrogen) atoms. The van der Waals surface area contributed by atoms with E-state index < -0.39 is 0 Å². The number of hydrogen-bond acceptors (Lipinski definition) is 0. The third kappa shape index (κ3) is 1.16. The maximum atomic E-state index is 2.35. The largest absolute Gasteiger partial charge is 0.343 e. The fourth-order valence-corrected chi connectivity index (χ4v) is 3.30. The van der Waals surface area contributed by atoms with Gasteiger partial charge in [0.05, 0.1) is 5.69 Å². The summed E-state index contributed by atoms with van der Waals surface area (Å²) >= 11 is 0. The van der Waals surface area contributed by atoms with Crippen molar-refractivity contribution in [3.8, 4) is 11.3 Å². The van der Waals surface area contributed by atoms with Gasteiger partial charge in [-0.05, 0) is 30.0 Å². The third-order valence-electron chi connectivity index (χ3n) is 4.13. The summed E-state index contributed by atoms with van der Waals surface area (Å²) in [5.74, 6) is 0. The highest BCUT2D eigenvalue weighted by molar-refractivity contribution is 5.93. The first kappa shape index (κ1) is 9.95. The summed E-state index contributed by atoms with van der Waals surface area (Å²) in [5, 5.41) is 1.42. The van der Waals surface area contributed by atoms with Crippen molar-refractivity contribution in [2.24, 2.45) is 7.05 Å². The Balaban J connectivity index is 2.16. The van der Waals surface area contributed by atoms with E-state index in [2.05, 4.69) is 60.1 Å². The van der Waals surface area contributed by atoms with Crippen LogP contribution in [0.15, 0.2) is 48.5 Å². The van der Waals surface area contributed by atoms with Crippen molar-refractivity contribution < 1.29 is 0 Å². The second kappa shape index (κ2) is 3.49. The Kier molecular flexibility index (Phi) is 1.93. The molecule has 1 heteroatoms. The van der Waals surface area contributed by atoms with Crippen molar-refractivity contribution >= 4 is 10.9 Å². The molecule has 0 spiro atoms. The number of fused-ring (bicyclic) bond motifs is 5. The molecule has 1 aromatic heterocycles. The number of nitrogens with zero attached hydrogens (tertiary/aromatic N) is 1. The highest BCUT2D eigenvalue weighted by Crippen LogP contribution is 2.39. The predicted molar refractivity (Wildman–Crippen MR) is 75.8 cm³/mol. The van der Waals surface area contributed by atoms with E-state index in [1.54, 1.807) is 0 Å². The van der Waals surface area contributed by atoms with Crippen LogP contribution in [0.25, 0.3) is 22.2 Å². The molecule has 88 valence electrons. The van der Waals surface area contributed by atoms with E-state index in [0.717, 1.165) is 12.8 Å². The van der Waals surface area contributed by atoms with Gasteiger partial charge < -0.3 is 4.57 Å². The topological polar surface area (TPSA) is 4.93 Å². The first-order valence-electron chi connectivity index (χ1n) is 6.51. The highest BCUT2D eigenvalue weighted by Gasteiger charge is 2.21. The Morgan fingerprint density at radius 2 is 1.67 bits per heavy atom. The van der Waals surface area contributed by atoms with E-state index in [1.807, 2.05) is 0 Å². The van der Waals surface area contributed by atoms with Gasteiger partial charge in [0, 0.05) is 23.5 Å². The molecular formula is C17H15N. The second-order valence-electron chi connectivity index (χ2n) is 5.06. The van der Waals surface area contributed by atoms with Crippen molar-refractivity contribution in [1.29, 1.82) is 0 Å². The maximum Gasteiger partial charge on any atom is 0.0524 e. The van der Waals surface area contributed by atoms with Crippen LogP contribution in [0.3, 0.4) is 0 Å². The zero-order valence-electron chi connectivity index (χ0n) is 10.5. The van der Waals surface area contributed by atoms with E-state index in [0.29, 0.717) is 0 Å². The van der Waals surface area contributed by atoms with E-state index >= 15 is 0 Å². The number of para-hydroxylation sites is 1. The fraction of sp³-hybridized carbons (Fsp3) is 0.176. The van der Waals surface area contributed by atoms with E-state index in [4.69, 9.17) is 0 Å². The lowest BCUT2D eigenvalue weighted by atomic mass is 9.89. The van der Waals surface area contributed by atoms with Gasteiger partial charge in [-0.3, -0.25) is 0 Å². The number of hydrogen-bond donors (Lipinski definition) is 0. The van der Waals surface area contributed by atoms with Crippen LogP contribution in [-0.2, 0) is 19.9 Å². The molecule has 1 aliphatic rings. The Hall–Kier alpha value is -2.02. The molecule has 0 saturated heterocycles. The normalized spacial score (nSPS) is 13.4. The summed E-state index contributed by atoms with van der Waals surface area (Å²) in [6, 6.07) is 17.5. The lowest BCUT2D eigenvalue weighted by Crippen LogP contribution is -2.05. The summed E-state index contributed by atoms with van der Waals surface area (Å²) in [6.45, 7) is 0. The minimum atomic E-state index is 1.16. The van der Waals surface area contributed by atoms with Crippen LogP contribution < -0.4 is 0 Å². The summed E-state index contributed by atoms with van der Waals surface area (Å²) in [5.41, 5.74) is 7.18. The van der Waals surface area contributed by atoms with Gasteiger partial charge in [-0.15, -0.1) is 0 Å². The molecule has 1 nitrogen and oxygen atoms in total. The van der Waals surface area contributed by atoms with Crippen molar-refractivity contribution in [3.63, 3.8) is 0 Å². The Labute approximate surface area is 107 Å². The van der Waals surface area contributed by atoms with Gasteiger partial charge in [-0.25, -0.2) is 0 Å². The summed E-state index contributed by atoms with van der Waals surface area (Å²) in [6.07, 6.45) is 2.32. The Morgan fingerprint density at radius 1 is 0.889 bits per heavy atom. The van der Waals surface area contributed by atoms with Crippen molar-refractivity contribution in [2.75, 3.05) is 0 Å². The first-order valence-corrected chi connectivity index (χ1v) is 6.51. The molecule has 3 aromatic rings. The minimum Gasteiger partial charge on any atom is -0.343 e. The number of aryl methyl sites for hydroxylation is 3. The molecule has 0 unspecified atom stereocenters. The fourth-order valence-electron chi connectivity index (χ4n) is 3.30. The first-order chi connectivity index (χ1) is 8.86. The monoisotopic (exact) mass is 233 g/mol. The SMILES string of the molecule is Cn1c2c(c3ccccc31)CCc1ccccc1-2. The van der Waals surface area contributed by atoms with Crippen LogP contribution >= 0.6 is 0 Å². The van der Waals surface area contributed by atoms with Gasteiger partial charge in [-0.1, -0.05) is 42.5 Å². The molecule has 0 bridgehead atoms. The molecule has 0 fully saturated rings. The number of rotatable bonds is 0. The lowest BCUT2D eigenvalue weighted by molar-refractivity contribution is 0.902. The number of aromatic nitrogens is 1. The van der Waals surface area contributed by atoms with Crippen LogP contribution in [0.4, 0.5) is 0 Å². The van der Waals surface area contributed by atoms with Crippen molar-refractivity contribution in [1.82, 2.24) is 4.57 Å². The van der Waals surface area contributed by atoms with E-state index in [-0.39, 0.29) is 0 Å².